The largest absolute Gasteiger partial charge is 0.363 e. The van der Waals surface area contributed by atoms with Gasteiger partial charge in [-0.3, -0.25) is 0 Å². The van der Waals surface area contributed by atoms with E-state index in [1.807, 2.05) is 44.2 Å². The fourth-order valence-electron chi connectivity index (χ4n) is 2.68. The molecule has 3 nitrogen and oxygen atoms in total. The Hall–Kier alpha value is -1.91. The molecule has 0 saturated heterocycles. The number of halogens is 2. The molecule has 106 valence electrons. The Morgan fingerprint density at radius 3 is 2.60 bits per heavy atom. The highest BCUT2D eigenvalue weighted by atomic mass is 19.3. The van der Waals surface area contributed by atoms with Gasteiger partial charge in [-0.15, -0.1) is 0 Å². The van der Waals surface area contributed by atoms with E-state index in [1.54, 1.807) is 0 Å². The molecule has 3 rings (SSSR count). The number of nitrogens with zero attached hydrogens (tertiary/aromatic N) is 2. The normalized spacial score (nSPS) is 21.6. The summed E-state index contributed by atoms with van der Waals surface area (Å²) in [5.41, 5.74) is 2.95. The molecule has 0 radical (unpaired) electrons. The molecule has 1 aromatic carbocycles. The van der Waals surface area contributed by atoms with Crippen molar-refractivity contribution in [1.82, 2.24) is 9.78 Å². The molecule has 1 N–H and O–H groups in total. The average Bonchev–Trinajstić information content (AvgIpc) is 2.78. The van der Waals surface area contributed by atoms with Gasteiger partial charge in [0.2, 0.25) is 0 Å². The van der Waals surface area contributed by atoms with Crippen molar-refractivity contribution in [1.29, 1.82) is 0 Å². The topological polar surface area (TPSA) is 29.9 Å². The SMILES string of the molecule is Cc1ccc([C@@H]2C[C@H](C(F)F)n3nc(C)cc3N2)cc1. The Morgan fingerprint density at radius 2 is 1.95 bits per heavy atom. The summed E-state index contributed by atoms with van der Waals surface area (Å²) in [7, 11) is 0. The number of aryl methyl sites for hydroxylation is 2. The fraction of sp³-hybridized carbons (Fsp3) is 0.400. The lowest BCUT2D eigenvalue weighted by Gasteiger charge is -2.32. The highest BCUT2D eigenvalue weighted by Crippen LogP contribution is 2.38. The van der Waals surface area contributed by atoms with E-state index in [0.717, 1.165) is 16.8 Å². The number of benzene rings is 1. The van der Waals surface area contributed by atoms with Crippen molar-refractivity contribution in [3.63, 3.8) is 0 Å². The zero-order valence-corrected chi connectivity index (χ0v) is 11.5. The summed E-state index contributed by atoms with van der Waals surface area (Å²) in [6, 6.07) is 8.85. The van der Waals surface area contributed by atoms with Gasteiger partial charge in [-0.2, -0.15) is 5.10 Å². The minimum Gasteiger partial charge on any atom is -0.363 e. The zero-order chi connectivity index (χ0) is 14.3. The lowest BCUT2D eigenvalue weighted by Crippen LogP contribution is -2.30. The van der Waals surface area contributed by atoms with Gasteiger partial charge in [-0.05, 0) is 25.8 Å². The number of hydrogen-bond acceptors (Lipinski definition) is 2. The summed E-state index contributed by atoms with van der Waals surface area (Å²) < 4.78 is 28.0. The van der Waals surface area contributed by atoms with E-state index in [9.17, 15) is 8.78 Å². The van der Waals surface area contributed by atoms with Crippen LogP contribution in [-0.4, -0.2) is 16.2 Å². The Kier molecular flexibility index (Phi) is 3.20. The maximum absolute atomic E-state index is 13.3. The molecule has 2 heterocycles. The number of rotatable bonds is 2. The van der Waals surface area contributed by atoms with Gasteiger partial charge in [0.25, 0.3) is 6.43 Å². The van der Waals surface area contributed by atoms with Crippen LogP contribution in [0.25, 0.3) is 0 Å². The second kappa shape index (κ2) is 4.89. The van der Waals surface area contributed by atoms with Gasteiger partial charge in [-0.25, -0.2) is 13.5 Å². The molecule has 0 amide bonds. The third-order valence-electron chi connectivity index (χ3n) is 3.74. The zero-order valence-electron chi connectivity index (χ0n) is 11.5. The van der Waals surface area contributed by atoms with E-state index in [-0.39, 0.29) is 6.04 Å². The van der Waals surface area contributed by atoms with Crippen molar-refractivity contribution < 1.29 is 8.78 Å². The summed E-state index contributed by atoms with van der Waals surface area (Å²) in [5.74, 6) is 0.671. The Morgan fingerprint density at radius 1 is 1.25 bits per heavy atom. The first-order valence-corrected chi connectivity index (χ1v) is 6.72. The van der Waals surface area contributed by atoms with Crippen LogP contribution in [0.3, 0.4) is 0 Å². The fourth-order valence-corrected chi connectivity index (χ4v) is 2.68. The van der Waals surface area contributed by atoms with Crippen LogP contribution in [0.1, 0.15) is 35.3 Å². The Balaban J connectivity index is 1.95. The van der Waals surface area contributed by atoms with Crippen LogP contribution in [0.2, 0.25) is 0 Å². The van der Waals surface area contributed by atoms with Crippen molar-refractivity contribution in [3.8, 4) is 0 Å². The predicted octanol–water partition coefficient (Wildman–Crippen LogP) is 3.86. The van der Waals surface area contributed by atoms with Gasteiger partial charge < -0.3 is 5.32 Å². The molecule has 2 atom stereocenters. The molecule has 0 aliphatic carbocycles. The number of anilines is 1. The number of aromatic nitrogens is 2. The van der Waals surface area contributed by atoms with E-state index in [1.165, 1.54) is 4.68 Å². The first-order valence-electron chi connectivity index (χ1n) is 6.72. The number of alkyl halides is 2. The molecule has 0 saturated carbocycles. The quantitative estimate of drug-likeness (QED) is 0.903. The van der Waals surface area contributed by atoms with Crippen LogP contribution in [-0.2, 0) is 0 Å². The van der Waals surface area contributed by atoms with E-state index in [2.05, 4.69) is 10.4 Å². The number of nitrogens with one attached hydrogen (secondary N) is 1. The van der Waals surface area contributed by atoms with Crippen molar-refractivity contribution in [2.75, 3.05) is 5.32 Å². The lowest BCUT2D eigenvalue weighted by atomic mass is 9.97. The summed E-state index contributed by atoms with van der Waals surface area (Å²) in [4.78, 5) is 0. The molecule has 1 aliphatic rings. The van der Waals surface area contributed by atoms with Crippen LogP contribution in [0.4, 0.5) is 14.6 Å². The van der Waals surface area contributed by atoms with Crippen molar-refractivity contribution in [3.05, 3.63) is 47.2 Å². The number of fused-ring (bicyclic) bond motifs is 1. The molecular weight excluding hydrogens is 260 g/mol. The third-order valence-corrected chi connectivity index (χ3v) is 3.74. The van der Waals surface area contributed by atoms with E-state index in [4.69, 9.17) is 0 Å². The maximum atomic E-state index is 13.3. The van der Waals surface area contributed by atoms with E-state index >= 15 is 0 Å². The van der Waals surface area contributed by atoms with Gasteiger partial charge >= 0.3 is 0 Å². The molecule has 0 spiro atoms. The average molecular weight is 277 g/mol. The maximum Gasteiger partial charge on any atom is 0.260 e. The standard InChI is InChI=1S/C15H17F2N3/c1-9-3-5-11(6-4-9)12-8-13(15(16)17)20-14(18-12)7-10(2)19-20/h3-7,12-13,15,18H,8H2,1-2H3/t12-,13+/m0/s1. The van der Waals surface area contributed by atoms with Crippen molar-refractivity contribution in [2.45, 2.75) is 38.8 Å². The summed E-state index contributed by atoms with van der Waals surface area (Å²) in [6.07, 6.45) is -2.07. The molecule has 1 aliphatic heterocycles. The molecule has 0 unspecified atom stereocenters. The van der Waals surface area contributed by atoms with Crippen LogP contribution < -0.4 is 5.32 Å². The second-order valence-corrected chi connectivity index (χ2v) is 5.36. The molecule has 5 heteroatoms. The Labute approximate surface area is 116 Å². The van der Waals surface area contributed by atoms with Gasteiger partial charge in [0.05, 0.1) is 11.7 Å². The minimum absolute atomic E-state index is 0.0989. The van der Waals surface area contributed by atoms with Crippen LogP contribution >= 0.6 is 0 Å². The molecule has 2 aromatic rings. The van der Waals surface area contributed by atoms with Crippen LogP contribution in [0, 0.1) is 13.8 Å². The number of hydrogen-bond donors (Lipinski definition) is 1. The monoisotopic (exact) mass is 277 g/mol. The smallest absolute Gasteiger partial charge is 0.260 e. The second-order valence-electron chi connectivity index (χ2n) is 5.36. The Bertz CT molecular complexity index is 604. The first-order chi connectivity index (χ1) is 9.54. The lowest BCUT2D eigenvalue weighted by molar-refractivity contribution is 0.0657. The van der Waals surface area contributed by atoms with Crippen LogP contribution in [0.5, 0.6) is 0 Å². The first kappa shape index (κ1) is 13.1. The van der Waals surface area contributed by atoms with Gasteiger partial charge in [0.1, 0.15) is 11.9 Å². The molecule has 0 bridgehead atoms. The van der Waals surface area contributed by atoms with Gasteiger partial charge in [0, 0.05) is 6.07 Å². The molecule has 1 aromatic heterocycles. The summed E-state index contributed by atoms with van der Waals surface area (Å²) in [5, 5.41) is 7.48. The highest BCUT2D eigenvalue weighted by molar-refractivity contribution is 5.43. The summed E-state index contributed by atoms with van der Waals surface area (Å²) in [6.45, 7) is 3.83. The summed E-state index contributed by atoms with van der Waals surface area (Å²) >= 11 is 0. The third kappa shape index (κ3) is 2.28. The van der Waals surface area contributed by atoms with Gasteiger partial charge in [-0.1, -0.05) is 29.8 Å². The van der Waals surface area contributed by atoms with Crippen LogP contribution in [0.15, 0.2) is 30.3 Å². The van der Waals surface area contributed by atoms with E-state index in [0.29, 0.717) is 12.2 Å². The predicted molar refractivity (Wildman–Crippen MR) is 74.2 cm³/mol. The van der Waals surface area contributed by atoms with Gasteiger partial charge in [0.15, 0.2) is 0 Å². The van der Waals surface area contributed by atoms with Crippen molar-refractivity contribution in [2.24, 2.45) is 0 Å². The molecule has 20 heavy (non-hydrogen) atoms. The molecule has 0 fully saturated rings. The van der Waals surface area contributed by atoms with Crippen molar-refractivity contribution >= 4 is 5.82 Å². The highest BCUT2D eigenvalue weighted by Gasteiger charge is 2.34. The van der Waals surface area contributed by atoms with E-state index < -0.39 is 12.5 Å². The minimum atomic E-state index is -2.41. The molecular formula is C15H17F2N3.